The summed E-state index contributed by atoms with van der Waals surface area (Å²) in [5.41, 5.74) is 2.40. The van der Waals surface area contributed by atoms with Crippen LogP contribution in [0.3, 0.4) is 0 Å². The summed E-state index contributed by atoms with van der Waals surface area (Å²) in [6.45, 7) is 3.62. The molecule has 3 N–H and O–H groups in total. The second kappa shape index (κ2) is 10.6. The molecular weight excluding hydrogens is 465 g/mol. The SMILES string of the molecule is O=C(NCc1cccc(Cl)c1)c1[nH]c([NH+]2CCOCC2)[n+]2ccccc12.O=C([O-])C(F)(F)F. The summed E-state index contributed by atoms with van der Waals surface area (Å²) in [6.07, 6.45) is -3.21. The number of amides is 1. The lowest BCUT2D eigenvalue weighted by Gasteiger charge is -2.18. The molecule has 4 rings (SSSR count). The maximum atomic E-state index is 12.8. The van der Waals surface area contributed by atoms with Gasteiger partial charge in [-0.1, -0.05) is 29.8 Å². The van der Waals surface area contributed by atoms with Crippen LogP contribution in [0.5, 0.6) is 0 Å². The number of carbonyl (C=O) groups is 2. The second-order valence-electron chi connectivity index (χ2n) is 7.12. The first-order valence-corrected chi connectivity index (χ1v) is 10.3. The van der Waals surface area contributed by atoms with Gasteiger partial charge in [-0.05, 0) is 29.8 Å². The lowest BCUT2D eigenvalue weighted by atomic mass is 10.2. The summed E-state index contributed by atoms with van der Waals surface area (Å²) in [4.78, 5) is 26.2. The first-order valence-electron chi connectivity index (χ1n) is 9.93. The molecule has 0 spiro atoms. The number of H-pyrrole nitrogens is 1. The van der Waals surface area contributed by atoms with Crippen molar-refractivity contribution in [1.82, 2.24) is 10.3 Å². The number of nitrogens with zero attached hydrogens (tertiary/aromatic N) is 1. The third-order valence-corrected chi connectivity index (χ3v) is 5.07. The van der Waals surface area contributed by atoms with Crippen LogP contribution < -0.4 is 19.7 Å². The molecule has 12 heteroatoms. The summed E-state index contributed by atoms with van der Waals surface area (Å²) in [5.74, 6) is -2.16. The van der Waals surface area contributed by atoms with Crippen molar-refractivity contribution < 1.29 is 41.9 Å². The first-order chi connectivity index (χ1) is 15.7. The highest BCUT2D eigenvalue weighted by Crippen LogP contribution is 2.12. The van der Waals surface area contributed by atoms with Gasteiger partial charge in [-0.2, -0.15) is 18.2 Å². The number of fused-ring (bicyclic) bond motifs is 1. The van der Waals surface area contributed by atoms with Crippen LogP contribution in [0.15, 0.2) is 48.7 Å². The predicted octanol–water partition coefficient (Wildman–Crippen LogP) is 0.182. The molecule has 0 atom stereocenters. The molecule has 0 saturated carbocycles. The lowest BCUT2D eigenvalue weighted by Crippen LogP contribution is -3.11. The second-order valence-corrected chi connectivity index (χ2v) is 7.55. The number of imidazole rings is 1. The number of nitrogens with one attached hydrogen (secondary N) is 3. The van der Waals surface area contributed by atoms with E-state index in [1.165, 1.54) is 4.90 Å². The van der Waals surface area contributed by atoms with E-state index in [-0.39, 0.29) is 5.91 Å². The Morgan fingerprint density at radius 3 is 2.52 bits per heavy atom. The highest BCUT2D eigenvalue weighted by molar-refractivity contribution is 6.30. The fourth-order valence-electron chi connectivity index (χ4n) is 3.29. The van der Waals surface area contributed by atoms with Gasteiger partial charge in [0.15, 0.2) is 5.52 Å². The topological polar surface area (TPSA) is 103 Å². The summed E-state index contributed by atoms with van der Waals surface area (Å²) < 4.78 is 39.0. The van der Waals surface area contributed by atoms with E-state index >= 15 is 0 Å². The Hall–Kier alpha value is -3.15. The number of alkyl halides is 3. The average Bonchev–Trinajstić information content (AvgIpc) is 3.18. The molecule has 0 radical (unpaired) electrons. The molecule has 1 fully saturated rings. The number of hydrogen-bond donors (Lipinski definition) is 3. The molecule has 3 heterocycles. The number of carbonyl (C=O) groups excluding carboxylic acids is 2. The van der Waals surface area contributed by atoms with Crippen molar-refractivity contribution >= 4 is 34.9 Å². The summed E-state index contributed by atoms with van der Waals surface area (Å²) in [7, 11) is 0. The molecule has 0 bridgehead atoms. The number of carboxylic acid groups (broad SMARTS) is 1. The van der Waals surface area contributed by atoms with Gasteiger partial charge in [0.1, 0.15) is 25.3 Å². The highest BCUT2D eigenvalue weighted by Gasteiger charge is 2.32. The molecule has 176 valence electrons. The molecule has 0 aliphatic carbocycles. The van der Waals surface area contributed by atoms with E-state index in [0.29, 0.717) is 17.3 Å². The summed E-state index contributed by atoms with van der Waals surface area (Å²) >= 11 is 6.01. The number of ether oxygens (including phenoxy) is 1. The first kappa shape index (κ1) is 24.5. The fourth-order valence-corrected chi connectivity index (χ4v) is 3.50. The van der Waals surface area contributed by atoms with E-state index in [1.54, 1.807) is 0 Å². The van der Waals surface area contributed by atoms with Crippen molar-refractivity contribution in [3.8, 4) is 0 Å². The minimum atomic E-state index is -5.19. The van der Waals surface area contributed by atoms with Crippen LogP contribution in [0, 0.1) is 0 Å². The number of halogens is 4. The number of aromatic nitrogens is 2. The number of hydrogen-bond acceptors (Lipinski definition) is 4. The molecule has 0 unspecified atom stereocenters. The van der Waals surface area contributed by atoms with Gasteiger partial charge in [-0.15, -0.1) is 4.40 Å². The average molecular weight is 486 g/mol. The highest BCUT2D eigenvalue weighted by atomic mass is 35.5. The zero-order valence-corrected chi connectivity index (χ0v) is 18.0. The van der Waals surface area contributed by atoms with Crippen molar-refractivity contribution in [3.63, 3.8) is 0 Å². The number of quaternary nitrogens is 1. The van der Waals surface area contributed by atoms with Gasteiger partial charge in [0.2, 0.25) is 5.69 Å². The van der Waals surface area contributed by atoms with Crippen LogP contribution in [-0.2, 0) is 16.1 Å². The Morgan fingerprint density at radius 1 is 1.18 bits per heavy atom. The van der Waals surface area contributed by atoms with Crippen LogP contribution in [0.4, 0.5) is 19.1 Å². The van der Waals surface area contributed by atoms with Crippen LogP contribution in [-0.4, -0.2) is 49.3 Å². The Bertz CT molecular complexity index is 1130. The molecule has 1 amide bonds. The number of rotatable bonds is 4. The lowest BCUT2D eigenvalue weighted by molar-refractivity contribution is -0.889. The standard InChI is InChI=1S/C19H19ClN4O2.C2HF3O2/c20-15-5-3-4-14(12-15)13-21-18(25)17-16-6-1-2-7-24(16)19(22-17)23-8-10-26-11-9-23;3-2(4,5)1(6)7/h1-7,12H,8-11,13H2,(H,21,25);(H,6,7)/p+1. The number of pyridine rings is 1. The Labute approximate surface area is 191 Å². The van der Waals surface area contributed by atoms with E-state index in [9.17, 15) is 18.0 Å². The third-order valence-electron chi connectivity index (χ3n) is 4.83. The number of benzene rings is 1. The summed E-state index contributed by atoms with van der Waals surface area (Å²) in [6, 6.07) is 13.4. The van der Waals surface area contributed by atoms with Gasteiger partial charge in [0.05, 0.1) is 13.2 Å². The maximum absolute atomic E-state index is 12.8. The smallest absolute Gasteiger partial charge is 0.457 e. The molecule has 3 aromatic rings. The van der Waals surface area contributed by atoms with E-state index in [0.717, 1.165) is 43.3 Å². The quantitative estimate of drug-likeness (QED) is 0.459. The summed E-state index contributed by atoms with van der Waals surface area (Å²) in [5, 5.41) is 12.4. The molecule has 1 aliphatic heterocycles. The van der Waals surface area contributed by atoms with Gasteiger partial charge in [-0.3, -0.25) is 4.79 Å². The van der Waals surface area contributed by atoms with Crippen molar-refractivity contribution in [2.24, 2.45) is 0 Å². The molecule has 8 nitrogen and oxygen atoms in total. The molecule has 1 aliphatic rings. The van der Waals surface area contributed by atoms with Crippen molar-refractivity contribution in [2.75, 3.05) is 26.3 Å². The zero-order chi connectivity index (χ0) is 24.0. The number of carboxylic acids is 1. The maximum Gasteiger partial charge on any atom is 0.457 e. The zero-order valence-electron chi connectivity index (χ0n) is 17.2. The van der Waals surface area contributed by atoms with Gasteiger partial charge in [0.25, 0.3) is 5.91 Å². The van der Waals surface area contributed by atoms with Crippen molar-refractivity contribution in [1.29, 1.82) is 0 Å². The molecule has 1 aromatic carbocycles. The van der Waals surface area contributed by atoms with Crippen LogP contribution in [0.2, 0.25) is 5.02 Å². The Morgan fingerprint density at radius 2 is 1.88 bits per heavy atom. The van der Waals surface area contributed by atoms with Crippen LogP contribution >= 0.6 is 11.6 Å². The van der Waals surface area contributed by atoms with E-state index in [1.807, 2.05) is 48.7 Å². The monoisotopic (exact) mass is 485 g/mol. The molecular formula is C21H21ClF3N4O4+. The number of aliphatic carboxylic acids is 1. The molecule has 33 heavy (non-hydrogen) atoms. The van der Waals surface area contributed by atoms with Crippen molar-refractivity contribution in [2.45, 2.75) is 12.7 Å². The van der Waals surface area contributed by atoms with Crippen LogP contribution in [0.1, 0.15) is 16.1 Å². The van der Waals surface area contributed by atoms with Gasteiger partial charge in [0, 0.05) is 11.6 Å². The predicted molar refractivity (Wildman–Crippen MR) is 109 cm³/mol. The van der Waals surface area contributed by atoms with Gasteiger partial charge < -0.3 is 20.0 Å². The largest absolute Gasteiger partial charge is 0.542 e. The third kappa shape index (κ3) is 6.44. The minimum absolute atomic E-state index is 0.132. The molecule has 1 saturated heterocycles. The van der Waals surface area contributed by atoms with Gasteiger partial charge in [-0.25, -0.2) is 4.90 Å². The van der Waals surface area contributed by atoms with E-state index in [4.69, 9.17) is 26.2 Å². The van der Waals surface area contributed by atoms with Gasteiger partial charge >= 0.3 is 12.1 Å². The van der Waals surface area contributed by atoms with Crippen LogP contribution in [0.25, 0.3) is 5.52 Å². The molecule has 2 aromatic heterocycles. The van der Waals surface area contributed by atoms with E-state index in [2.05, 4.69) is 14.7 Å². The fraction of sp³-hybridized carbons (Fsp3) is 0.286. The van der Waals surface area contributed by atoms with E-state index < -0.39 is 12.1 Å². The number of aromatic amines is 1. The Kier molecular flexibility index (Phi) is 7.90. The van der Waals surface area contributed by atoms with Crippen molar-refractivity contribution in [3.05, 3.63) is 64.9 Å². The normalized spacial score (nSPS) is 14.4. The minimum Gasteiger partial charge on any atom is -0.542 e. The number of morpholine rings is 1. The Balaban J connectivity index is 0.000000383.